The fourth-order valence-corrected chi connectivity index (χ4v) is 6.53. The van der Waals surface area contributed by atoms with E-state index >= 15 is 0 Å². The molecule has 0 radical (unpaired) electrons. The van der Waals surface area contributed by atoms with Crippen LogP contribution in [-0.2, 0) is 19.1 Å². The fourth-order valence-electron chi connectivity index (χ4n) is 6.53. The van der Waals surface area contributed by atoms with E-state index in [9.17, 15) is 22.8 Å². The van der Waals surface area contributed by atoms with E-state index in [1.54, 1.807) is 35.2 Å². The summed E-state index contributed by atoms with van der Waals surface area (Å²) in [6, 6.07) is 19.2. The maximum absolute atomic E-state index is 13.2. The van der Waals surface area contributed by atoms with E-state index in [0.29, 0.717) is 43.0 Å². The summed E-state index contributed by atoms with van der Waals surface area (Å²) in [5, 5.41) is 12.8. The maximum atomic E-state index is 13.2. The molecular weight excluding hydrogens is 569 g/mol. The third-order valence-electron chi connectivity index (χ3n) is 8.75. The van der Waals surface area contributed by atoms with E-state index in [1.165, 1.54) is 12.1 Å². The molecule has 11 heteroatoms. The van der Waals surface area contributed by atoms with Gasteiger partial charge in [0, 0.05) is 66.5 Å². The molecular formula is C33H31F3N6O2. The van der Waals surface area contributed by atoms with Crippen molar-refractivity contribution in [3.05, 3.63) is 100 Å². The topological polar surface area (TPSA) is 118 Å². The standard InChI is InChI=1S/C33H31F3N6O2/c34-33(35,36)24-6-1-21(2-7-24)19-42-16-13-28-29(26-17-23(31(38)43)5-10-27(26)40-28)30(42)22-11-14-41(15-12-22)32(44)39-25-8-3-20(18-37)4-9-25/h1-10,17,22,30,40H,11-16,19H2,(H2,38,43)(H,39,44). The number of nitrogens with zero attached hydrogens (tertiary/aromatic N) is 3. The Bertz CT molecular complexity index is 1730. The summed E-state index contributed by atoms with van der Waals surface area (Å²) in [6.07, 6.45) is -2.24. The molecule has 3 amide bonds. The summed E-state index contributed by atoms with van der Waals surface area (Å²) in [7, 11) is 0. The molecule has 8 nitrogen and oxygen atoms in total. The zero-order valence-electron chi connectivity index (χ0n) is 23.8. The number of nitrogens with two attached hydrogens (primary N) is 1. The highest BCUT2D eigenvalue weighted by atomic mass is 19.4. The molecule has 1 fully saturated rings. The van der Waals surface area contributed by atoms with Gasteiger partial charge in [0.1, 0.15) is 0 Å². The number of alkyl halides is 3. The van der Waals surface area contributed by atoms with Gasteiger partial charge >= 0.3 is 12.2 Å². The molecule has 4 N–H and O–H groups in total. The van der Waals surface area contributed by atoms with Crippen molar-refractivity contribution >= 4 is 28.5 Å². The number of urea groups is 1. The first-order valence-corrected chi connectivity index (χ1v) is 14.5. The van der Waals surface area contributed by atoms with E-state index in [0.717, 1.165) is 59.1 Å². The second-order valence-corrected chi connectivity index (χ2v) is 11.4. The van der Waals surface area contributed by atoms with Gasteiger partial charge in [0.25, 0.3) is 0 Å². The van der Waals surface area contributed by atoms with Gasteiger partial charge in [-0.15, -0.1) is 0 Å². The van der Waals surface area contributed by atoms with E-state index in [1.807, 2.05) is 12.1 Å². The summed E-state index contributed by atoms with van der Waals surface area (Å²) in [5.41, 5.74) is 10.3. The number of H-pyrrole nitrogens is 1. The average Bonchev–Trinajstić information content (AvgIpc) is 3.39. The van der Waals surface area contributed by atoms with E-state index in [-0.39, 0.29) is 18.0 Å². The molecule has 0 aliphatic carbocycles. The summed E-state index contributed by atoms with van der Waals surface area (Å²) in [5.74, 6) is -0.365. The van der Waals surface area contributed by atoms with Gasteiger partial charge in [0.2, 0.25) is 5.91 Å². The predicted octanol–water partition coefficient (Wildman–Crippen LogP) is 6.20. The Labute approximate surface area is 252 Å². The Morgan fingerprint density at radius 1 is 1.00 bits per heavy atom. The van der Waals surface area contributed by atoms with Crippen molar-refractivity contribution in [3.8, 4) is 6.07 Å². The molecule has 4 aromatic rings. The predicted molar refractivity (Wildman–Crippen MR) is 160 cm³/mol. The van der Waals surface area contributed by atoms with Crippen LogP contribution in [0.3, 0.4) is 0 Å². The molecule has 44 heavy (non-hydrogen) atoms. The lowest BCUT2D eigenvalue weighted by atomic mass is 9.80. The van der Waals surface area contributed by atoms with Gasteiger partial charge in [-0.3, -0.25) is 9.69 Å². The number of amides is 3. The van der Waals surface area contributed by atoms with E-state index < -0.39 is 17.6 Å². The number of piperidine rings is 1. The van der Waals surface area contributed by atoms with Gasteiger partial charge in [0.15, 0.2) is 0 Å². The Kier molecular flexibility index (Phi) is 7.78. The van der Waals surface area contributed by atoms with Crippen molar-refractivity contribution in [2.24, 2.45) is 11.7 Å². The lowest BCUT2D eigenvalue weighted by molar-refractivity contribution is -0.137. The minimum Gasteiger partial charge on any atom is -0.366 e. The number of anilines is 1. The summed E-state index contributed by atoms with van der Waals surface area (Å²) >= 11 is 0. The second kappa shape index (κ2) is 11.7. The number of halogens is 3. The van der Waals surface area contributed by atoms with Gasteiger partial charge in [-0.25, -0.2) is 4.79 Å². The minimum atomic E-state index is -4.40. The number of aromatic nitrogens is 1. The van der Waals surface area contributed by atoms with Crippen LogP contribution < -0.4 is 11.1 Å². The van der Waals surface area contributed by atoms with Crippen molar-refractivity contribution in [3.63, 3.8) is 0 Å². The second-order valence-electron chi connectivity index (χ2n) is 11.4. The minimum absolute atomic E-state index is 0.0818. The van der Waals surface area contributed by atoms with Crippen molar-refractivity contribution in [1.29, 1.82) is 5.26 Å². The highest BCUT2D eigenvalue weighted by Gasteiger charge is 2.38. The van der Waals surface area contributed by atoms with Crippen LogP contribution in [0.25, 0.3) is 10.9 Å². The van der Waals surface area contributed by atoms with Crippen LogP contribution in [0.5, 0.6) is 0 Å². The molecule has 0 spiro atoms. The molecule has 226 valence electrons. The van der Waals surface area contributed by atoms with Crippen molar-refractivity contribution < 1.29 is 22.8 Å². The monoisotopic (exact) mass is 600 g/mol. The molecule has 3 aromatic carbocycles. The van der Waals surface area contributed by atoms with Gasteiger partial charge in [-0.2, -0.15) is 18.4 Å². The summed E-state index contributed by atoms with van der Waals surface area (Å²) in [6.45, 7) is 2.22. The number of carbonyl (C=O) groups excluding carboxylic acids is 2. The Balaban J connectivity index is 1.26. The normalized spacial score (nSPS) is 17.7. The number of aromatic amines is 1. The Morgan fingerprint density at radius 2 is 1.70 bits per heavy atom. The molecule has 0 bridgehead atoms. The van der Waals surface area contributed by atoms with Crippen molar-refractivity contribution in [1.82, 2.24) is 14.8 Å². The third kappa shape index (κ3) is 5.85. The SMILES string of the molecule is N#Cc1ccc(NC(=O)N2CCC(C3c4c([nH]c5ccc(C(N)=O)cc45)CCN3Cc3ccc(C(F)(F)F)cc3)CC2)cc1. The summed E-state index contributed by atoms with van der Waals surface area (Å²) in [4.78, 5) is 32.7. The third-order valence-corrected chi connectivity index (χ3v) is 8.75. The number of hydrogen-bond acceptors (Lipinski definition) is 4. The number of carbonyl (C=O) groups is 2. The van der Waals surface area contributed by atoms with E-state index in [4.69, 9.17) is 11.0 Å². The molecule has 1 aromatic heterocycles. The smallest absolute Gasteiger partial charge is 0.366 e. The molecule has 1 atom stereocenters. The first-order chi connectivity index (χ1) is 21.1. The van der Waals surface area contributed by atoms with Gasteiger partial charge in [-0.05, 0) is 84.5 Å². The number of nitriles is 1. The highest BCUT2D eigenvalue weighted by Crippen LogP contribution is 2.44. The average molecular weight is 601 g/mol. The van der Waals surface area contributed by atoms with Crippen LogP contribution >= 0.6 is 0 Å². The van der Waals surface area contributed by atoms with Crippen LogP contribution in [0.2, 0.25) is 0 Å². The highest BCUT2D eigenvalue weighted by molar-refractivity contribution is 5.98. The van der Waals surface area contributed by atoms with Gasteiger partial charge in [-0.1, -0.05) is 12.1 Å². The zero-order chi connectivity index (χ0) is 31.0. The van der Waals surface area contributed by atoms with Crippen LogP contribution in [-0.4, -0.2) is 46.4 Å². The first-order valence-electron chi connectivity index (χ1n) is 14.5. The maximum Gasteiger partial charge on any atom is 0.416 e. The van der Waals surface area contributed by atoms with Crippen LogP contribution in [0, 0.1) is 17.2 Å². The number of rotatable bonds is 5. The first kappa shape index (κ1) is 29.3. The molecule has 2 aliphatic heterocycles. The number of likely N-dealkylation sites (tertiary alicyclic amines) is 1. The van der Waals surface area contributed by atoms with Gasteiger partial charge < -0.3 is 20.9 Å². The Morgan fingerprint density at radius 3 is 2.34 bits per heavy atom. The van der Waals surface area contributed by atoms with Gasteiger partial charge in [0.05, 0.1) is 17.2 Å². The number of primary amides is 1. The number of benzene rings is 3. The Hall–Kier alpha value is -4.82. The summed E-state index contributed by atoms with van der Waals surface area (Å²) < 4.78 is 39.6. The quantitative estimate of drug-likeness (QED) is 0.253. The zero-order valence-corrected chi connectivity index (χ0v) is 23.8. The molecule has 6 rings (SSSR count). The lowest BCUT2D eigenvalue weighted by Gasteiger charge is -2.44. The number of hydrogen-bond donors (Lipinski definition) is 3. The van der Waals surface area contributed by atoms with E-state index in [2.05, 4.69) is 21.3 Å². The van der Waals surface area contributed by atoms with Crippen LogP contribution in [0.4, 0.5) is 23.7 Å². The largest absolute Gasteiger partial charge is 0.416 e. The van der Waals surface area contributed by atoms with Crippen molar-refractivity contribution in [2.45, 2.75) is 38.0 Å². The fraction of sp³-hybridized carbons (Fsp3) is 0.303. The van der Waals surface area contributed by atoms with Crippen molar-refractivity contribution in [2.75, 3.05) is 25.0 Å². The lowest BCUT2D eigenvalue weighted by Crippen LogP contribution is -2.46. The molecule has 3 heterocycles. The molecule has 1 saturated heterocycles. The van der Waals surface area contributed by atoms with Crippen LogP contribution in [0.15, 0.2) is 66.7 Å². The number of fused-ring (bicyclic) bond motifs is 3. The molecule has 0 saturated carbocycles. The van der Waals surface area contributed by atoms with Crippen LogP contribution in [0.1, 0.15) is 57.2 Å². The molecule has 2 aliphatic rings. The number of nitrogens with one attached hydrogen (secondary N) is 2. The molecule has 1 unspecified atom stereocenters.